The van der Waals surface area contributed by atoms with Gasteiger partial charge in [-0.3, -0.25) is 9.69 Å². The zero-order valence-electron chi connectivity index (χ0n) is 10.9. The highest BCUT2D eigenvalue weighted by atomic mass is 79.9. The molecule has 1 N–H and O–H groups in total. The molecular formula is C14H12BrNO3S. The molecule has 2 aromatic rings. The first-order valence-electron chi connectivity index (χ1n) is 5.79. The van der Waals surface area contributed by atoms with Crippen molar-refractivity contribution in [1.82, 2.24) is 0 Å². The second kappa shape index (κ2) is 5.76. The summed E-state index contributed by atoms with van der Waals surface area (Å²) in [5.74, 6) is -1.02. The smallest absolute Gasteiger partial charge is 0.339 e. The standard InChI is InChI=1S/C14H12BrNO3S/c1-8-9(2)20-13(12(8)14(18)19)16(7-17)11-5-3-4-10(15)6-11/h3-7H,1-2H3,(H,18,19). The summed E-state index contributed by atoms with van der Waals surface area (Å²) < 4.78 is 0.823. The zero-order valence-corrected chi connectivity index (χ0v) is 13.3. The van der Waals surface area contributed by atoms with Crippen LogP contribution < -0.4 is 4.90 Å². The van der Waals surface area contributed by atoms with E-state index in [9.17, 15) is 14.7 Å². The van der Waals surface area contributed by atoms with Gasteiger partial charge >= 0.3 is 5.97 Å². The van der Waals surface area contributed by atoms with Gasteiger partial charge in [0.1, 0.15) is 5.00 Å². The number of aryl methyl sites for hydroxylation is 1. The third-order valence-corrected chi connectivity index (χ3v) is 4.69. The number of hydrogen-bond donors (Lipinski definition) is 1. The maximum Gasteiger partial charge on any atom is 0.339 e. The van der Waals surface area contributed by atoms with E-state index in [-0.39, 0.29) is 5.56 Å². The van der Waals surface area contributed by atoms with Crippen molar-refractivity contribution < 1.29 is 14.7 Å². The average Bonchev–Trinajstić information content (AvgIpc) is 2.67. The van der Waals surface area contributed by atoms with E-state index in [4.69, 9.17) is 0 Å². The Hall–Kier alpha value is -1.66. The third-order valence-electron chi connectivity index (χ3n) is 2.99. The summed E-state index contributed by atoms with van der Waals surface area (Å²) in [5, 5.41) is 9.79. The fraction of sp³-hybridized carbons (Fsp3) is 0.143. The van der Waals surface area contributed by atoms with Gasteiger partial charge in [-0.25, -0.2) is 4.79 Å². The molecule has 0 saturated carbocycles. The van der Waals surface area contributed by atoms with Gasteiger partial charge in [0.25, 0.3) is 0 Å². The molecule has 0 spiro atoms. The molecule has 1 aromatic carbocycles. The maximum absolute atomic E-state index is 11.4. The molecule has 0 aliphatic rings. The molecule has 0 fully saturated rings. The predicted octanol–water partition coefficient (Wildman–Crippen LogP) is 4.12. The monoisotopic (exact) mass is 353 g/mol. The maximum atomic E-state index is 11.4. The number of aromatic carboxylic acids is 1. The zero-order chi connectivity index (χ0) is 14.9. The summed E-state index contributed by atoms with van der Waals surface area (Å²) in [6.45, 7) is 3.60. The Morgan fingerprint density at radius 3 is 2.65 bits per heavy atom. The lowest BCUT2D eigenvalue weighted by atomic mass is 10.1. The summed E-state index contributed by atoms with van der Waals surface area (Å²) in [6, 6.07) is 7.17. The van der Waals surface area contributed by atoms with Crippen LogP contribution in [-0.2, 0) is 4.79 Å². The molecule has 0 atom stereocenters. The molecule has 0 aliphatic heterocycles. The molecule has 1 amide bonds. The van der Waals surface area contributed by atoms with Crippen LogP contribution in [0.15, 0.2) is 28.7 Å². The molecule has 20 heavy (non-hydrogen) atoms. The Morgan fingerprint density at radius 1 is 1.40 bits per heavy atom. The van der Waals surface area contributed by atoms with Crippen molar-refractivity contribution in [2.24, 2.45) is 0 Å². The van der Waals surface area contributed by atoms with Crippen LogP contribution in [-0.4, -0.2) is 17.5 Å². The normalized spacial score (nSPS) is 10.3. The molecule has 0 radical (unpaired) electrons. The summed E-state index contributed by atoms with van der Waals surface area (Å²) in [6.07, 6.45) is 0.638. The Labute approximate surface area is 128 Å². The molecule has 0 saturated heterocycles. The molecule has 4 nitrogen and oxygen atoms in total. The van der Waals surface area contributed by atoms with Crippen LogP contribution in [0.25, 0.3) is 0 Å². The second-order valence-electron chi connectivity index (χ2n) is 4.22. The lowest BCUT2D eigenvalue weighted by Gasteiger charge is -2.17. The molecule has 0 aliphatic carbocycles. The predicted molar refractivity (Wildman–Crippen MR) is 83.1 cm³/mol. The first-order valence-corrected chi connectivity index (χ1v) is 7.40. The number of carbonyl (C=O) groups excluding carboxylic acids is 1. The topological polar surface area (TPSA) is 57.6 Å². The molecular weight excluding hydrogens is 342 g/mol. The number of carboxylic acids is 1. The lowest BCUT2D eigenvalue weighted by molar-refractivity contribution is -0.106. The second-order valence-corrected chi connectivity index (χ2v) is 6.34. The van der Waals surface area contributed by atoms with Gasteiger partial charge in [-0.15, -0.1) is 11.3 Å². The minimum absolute atomic E-state index is 0.180. The van der Waals surface area contributed by atoms with E-state index in [0.29, 0.717) is 22.7 Å². The molecule has 1 aromatic heterocycles. The van der Waals surface area contributed by atoms with Gasteiger partial charge < -0.3 is 5.11 Å². The van der Waals surface area contributed by atoms with Crippen LogP contribution in [0.5, 0.6) is 0 Å². The van der Waals surface area contributed by atoms with E-state index in [0.717, 1.165) is 9.35 Å². The van der Waals surface area contributed by atoms with Gasteiger partial charge in [-0.2, -0.15) is 0 Å². The minimum Gasteiger partial charge on any atom is -0.478 e. The number of benzene rings is 1. The molecule has 6 heteroatoms. The first kappa shape index (κ1) is 14.7. The first-order chi connectivity index (χ1) is 9.45. The summed E-state index contributed by atoms with van der Waals surface area (Å²) >= 11 is 4.65. The number of nitrogens with zero attached hydrogens (tertiary/aromatic N) is 1. The Morgan fingerprint density at radius 2 is 2.10 bits per heavy atom. The van der Waals surface area contributed by atoms with Crippen LogP contribution in [0, 0.1) is 13.8 Å². The number of thiophene rings is 1. The highest BCUT2D eigenvalue weighted by Crippen LogP contribution is 2.38. The summed E-state index contributed by atoms with van der Waals surface area (Å²) in [4.78, 5) is 25.1. The average molecular weight is 354 g/mol. The van der Waals surface area contributed by atoms with Crippen molar-refractivity contribution in [2.45, 2.75) is 13.8 Å². The van der Waals surface area contributed by atoms with E-state index < -0.39 is 5.97 Å². The van der Waals surface area contributed by atoms with E-state index in [1.165, 1.54) is 16.2 Å². The van der Waals surface area contributed by atoms with E-state index in [2.05, 4.69) is 15.9 Å². The van der Waals surface area contributed by atoms with Crippen molar-refractivity contribution in [3.05, 3.63) is 44.7 Å². The van der Waals surface area contributed by atoms with Crippen LogP contribution in [0.1, 0.15) is 20.8 Å². The molecule has 1 heterocycles. The Balaban J connectivity index is 2.61. The van der Waals surface area contributed by atoms with Crippen molar-refractivity contribution in [1.29, 1.82) is 0 Å². The van der Waals surface area contributed by atoms with Gasteiger partial charge in [0.15, 0.2) is 0 Å². The van der Waals surface area contributed by atoms with Crippen LogP contribution in [0.2, 0.25) is 0 Å². The van der Waals surface area contributed by atoms with Crippen LogP contribution >= 0.6 is 27.3 Å². The van der Waals surface area contributed by atoms with Gasteiger partial charge in [-0.05, 0) is 37.6 Å². The molecule has 0 unspecified atom stereocenters. The van der Waals surface area contributed by atoms with E-state index in [1.54, 1.807) is 25.1 Å². The fourth-order valence-corrected chi connectivity index (χ4v) is 3.40. The van der Waals surface area contributed by atoms with Crippen molar-refractivity contribution in [3.63, 3.8) is 0 Å². The summed E-state index contributed by atoms with van der Waals surface area (Å²) in [7, 11) is 0. The number of carboxylic acid groups (broad SMARTS) is 1. The van der Waals surface area contributed by atoms with E-state index in [1.807, 2.05) is 13.0 Å². The molecule has 0 bridgehead atoms. The Bertz CT molecular complexity index is 681. The van der Waals surface area contributed by atoms with Crippen LogP contribution in [0.3, 0.4) is 0 Å². The van der Waals surface area contributed by atoms with Gasteiger partial charge in [0.2, 0.25) is 6.41 Å². The van der Waals surface area contributed by atoms with E-state index >= 15 is 0 Å². The Kier molecular flexibility index (Phi) is 4.25. The fourth-order valence-electron chi connectivity index (χ4n) is 1.88. The third kappa shape index (κ3) is 2.62. The number of halogens is 1. The minimum atomic E-state index is -1.02. The van der Waals surface area contributed by atoms with Crippen LogP contribution in [0.4, 0.5) is 10.7 Å². The van der Waals surface area contributed by atoms with Gasteiger partial charge in [0.05, 0.1) is 11.3 Å². The lowest BCUT2D eigenvalue weighted by Crippen LogP contribution is -2.16. The van der Waals surface area contributed by atoms with Crippen molar-refractivity contribution >= 4 is 50.3 Å². The largest absolute Gasteiger partial charge is 0.478 e. The molecule has 2 rings (SSSR count). The van der Waals surface area contributed by atoms with Gasteiger partial charge in [0, 0.05) is 9.35 Å². The number of anilines is 2. The van der Waals surface area contributed by atoms with Gasteiger partial charge in [-0.1, -0.05) is 22.0 Å². The van der Waals surface area contributed by atoms with Crippen molar-refractivity contribution in [3.8, 4) is 0 Å². The number of rotatable bonds is 4. The highest BCUT2D eigenvalue weighted by molar-refractivity contribution is 9.10. The highest BCUT2D eigenvalue weighted by Gasteiger charge is 2.24. The molecule has 104 valence electrons. The van der Waals surface area contributed by atoms with Crippen molar-refractivity contribution in [2.75, 3.05) is 4.90 Å². The number of hydrogen-bond acceptors (Lipinski definition) is 3. The number of carbonyl (C=O) groups is 2. The SMILES string of the molecule is Cc1sc(N(C=O)c2cccc(Br)c2)c(C(=O)O)c1C. The quantitative estimate of drug-likeness (QED) is 0.841. The number of amides is 1. The summed E-state index contributed by atoms with van der Waals surface area (Å²) in [5.41, 5.74) is 1.50.